The van der Waals surface area contributed by atoms with Crippen molar-refractivity contribution in [3.8, 4) is 0 Å². The van der Waals surface area contributed by atoms with Crippen molar-refractivity contribution in [3.05, 3.63) is 0 Å². The molecule has 2 N–H and O–H groups in total. The maximum absolute atomic E-state index is 5.89. The van der Waals surface area contributed by atoms with E-state index in [-0.39, 0.29) is 5.54 Å². The Kier molecular flexibility index (Phi) is 7.87. The average Bonchev–Trinajstić information content (AvgIpc) is 2.32. The number of hydrogen-bond donors (Lipinski definition) is 2. The molecule has 1 rings (SSSR count). The monoisotopic (exact) mass is 256 g/mol. The van der Waals surface area contributed by atoms with Crippen molar-refractivity contribution in [3.63, 3.8) is 0 Å². The van der Waals surface area contributed by atoms with Crippen LogP contribution in [0.15, 0.2) is 0 Å². The summed E-state index contributed by atoms with van der Waals surface area (Å²) in [6.07, 6.45) is 8.38. The van der Waals surface area contributed by atoms with Gasteiger partial charge in [0.15, 0.2) is 0 Å². The van der Waals surface area contributed by atoms with Crippen molar-refractivity contribution in [2.24, 2.45) is 0 Å². The van der Waals surface area contributed by atoms with E-state index >= 15 is 0 Å². The van der Waals surface area contributed by atoms with E-state index in [4.69, 9.17) is 4.74 Å². The van der Waals surface area contributed by atoms with Crippen LogP contribution in [0.1, 0.15) is 59.3 Å². The van der Waals surface area contributed by atoms with Gasteiger partial charge in [0.2, 0.25) is 0 Å². The molecule has 3 heteroatoms. The van der Waals surface area contributed by atoms with E-state index in [1.54, 1.807) is 0 Å². The van der Waals surface area contributed by atoms with Crippen molar-refractivity contribution in [1.82, 2.24) is 10.6 Å². The zero-order valence-electron chi connectivity index (χ0n) is 12.6. The predicted molar refractivity (Wildman–Crippen MR) is 78.1 cm³/mol. The van der Waals surface area contributed by atoms with Gasteiger partial charge in [-0.05, 0) is 46.6 Å². The maximum atomic E-state index is 5.89. The quantitative estimate of drug-likeness (QED) is 0.655. The van der Waals surface area contributed by atoms with Gasteiger partial charge in [0.05, 0.1) is 6.10 Å². The number of nitrogens with one attached hydrogen (secondary N) is 2. The van der Waals surface area contributed by atoms with E-state index in [1.807, 2.05) is 0 Å². The Hall–Kier alpha value is -0.120. The zero-order valence-corrected chi connectivity index (χ0v) is 12.6. The van der Waals surface area contributed by atoms with Crippen molar-refractivity contribution in [2.45, 2.75) is 70.9 Å². The van der Waals surface area contributed by atoms with E-state index in [2.05, 4.69) is 31.4 Å². The molecule has 3 nitrogen and oxygen atoms in total. The van der Waals surface area contributed by atoms with Gasteiger partial charge < -0.3 is 15.4 Å². The lowest BCUT2D eigenvalue weighted by molar-refractivity contribution is 0.0273. The fourth-order valence-electron chi connectivity index (χ4n) is 2.33. The Bertz CT molecular complexity index is 195. The molecule has 0 spiro atoms. The molecule has 0 amide bonds. The van der Waals surface area contributed by atoms with Crippen molar-refractivity contribution < 1.29 is 4.74 Å². The lowest BCUT2D eigenvalue weighted by atomic mass is 9.98. The predicted octanol–water partition coefficient (Wildman–Crippen LogP) is 2.70. The summed E-state index contributed by atoms with van der Waals surface area (Å²) in [6.45, 7) is 10.7. The van der Waals surface area contributed by atoms with Crippen LogP contribution in [0.2, 0.25) is 0 Å². The molecule has 108 valence electrons. The van der Waals surface area contributed by atoms with Crippen molar-refractivity contribution in [1.29, 1.82) is 0 Å². The summed E-state index contributed by atoms with van der Waals surface area (Å²) in [7, 11) is 0. The minimum absolute atomic E-state index is 0.228. The average molecular weight is 256 g/mol. The molecule has 0 bridgehead atoms. The van der Waals surface area contributed by atoms with Gasteiger partial charge >= 0.3 is 0 Å². The van der Waals surface area contributed by atoms with Crippen LogP contribution in [0.3, 0.4) is 0 Å². The Balaban J connectivity index is 1.81. The van der Waals surface area contributed by atoms with Gasteiger partial charge in [-0.25, -0.2) is 0 Å². The summed E-state index contributed by atoms with van der Waals surface area (Å²) < 4.78 is 5.89. The molecular weight excluding hydrogens is 224 g/mol. The third-order valence-corrected chi connectivity index (χ3v) is 3.36. The summed E-state index contributed by atoms with van der Waals surface area (Å²) in [5, 5.41) is 6.92. The fraction of sp³-hybridized carbons (Fsp3) is 1.00. The Labute approximate surface area is 113 Å². The van der Waals surface area contributed by atoms with Crippen LogP contribution in [0.5, 0.6) is 0 Å². The molecule has 1 fully saturated rings. The molecule has 0 aliphatic heterocycles. The van der Waals surface area contributed by atoms with Gasteiger partial charge in [0, 0.05) is 25.2 Å². The van der Waals surface area contributed by atoms with Gasteiger partial charge in [0.1, 0.15) is 0 Å². The lowest BCUT2D eigenvalue weighted by Crippen LogP contribution is -2.40. The van der Waals surface area contributed by atoms with Gasteiger partial charge in [-0.3, -0.25) is 0 Å². The van der Waals surface area contributed by atoms with Gasteiger partial charge in [-0.15, -0.1) is 0 Å². The summed E-state index contributed by atoms with van der Waals surface area (Å²) in [4.78, 5) is 0. The summed E-state index contributed by atoms with van der Waals surface area (Å²) in [5.74, 6) is 0. The fourth-order valence-corrected chi connectivity index (χ4v) is 2.33. The molecule has 0 aromatic rings. The molecule has 1 aliphatic carbocycles. The largest absolute Gasteiger partial charge is 0.378 e. The van der Waals surface area contributed by atoms with Crippen LogP contribution >= 0.6 is 0 Å². The topological polar surface area (TPSA) is 33.3 Å². The maximum Gasteiger partial charge on any atom is 0.0575 e. The van der Waals surface area contributed by atoms with Crippen LogP contribution in [-0.2, 0) is 4.74 Å². The molecule has 1 aliphatic rings. The van der Waals surface area contributed by atoms with Gasteiger partial charge in [-0.1, -0.05) is 19.3 Å². The molecule has 0 heterocycles. The van der Waals surface area contributed by atoms with E-state index < -0.39 is 0 Å². The smallest absolute Gasteiger partial charge is 0.0575 e. The molecule has 18 heavy (non-hydrogen) atoms. The first-order valence-corrected chi connectivity index (χ1v) is 7.65. The van der Waals surface area contributed by atoms with Crippen molar-refractivity contribution in [2.75, 3.05) is 26.2 Å². The molecule has 0 aromatic carbocycles. The lowest BCUT2D eigenvalue weighted by Gasteiger charge is -2.22. The minimum Gasteiger partial charge on any atom is -0.378 e. The molecule has 0 unspecified atom stereocenters. The van der Waals surface area contributed by atoms with E-state index in [9.17, 15) is 0 Å². The normalized spacial score (nSPS) is 18.2. The minimum atomic E-state index is 0.228. The Morgan fingerprint density at radius 3 is 2.39 bits per heavy atom. The summed E-state index contributed by atoms with van der Waals surface area (Å²) >= 11 is 0. The highest BCUT2D eigenvalue weighted by atomic mass is 16.5. The first-order chi connectivity index (χ1) is 8.58. The van der Waals surface area contributed by atoms with Crippen molar-refractivity contribution >= 4 is 0 Å². The second kappa shape index (κ2) is 8.89. The molecular formula is C15H32N2O. The van der Waals surface area contributed by atoms with E-state index in [1.165, 1.54) is 32.1 Å². The standard InChI is InChI=1S/C15H32N2O/c1-15(2,3)17-12-11-16-10-7-13-18-14-8-5-4-6-9-14/h14,16-17H,4-13H2,1-3H3. The van der Waals surface area contributed by atoms with Gasteiger partial charge in [-0.2, -0.15) is 0 Å². The molecule has 0 aromatic heterocycles. The number of hydrogen-bond acceptors (Lipinski definition) is 3. The highest BCUT2D eigenvalue weighted by molar-refractivity contribution is 4.70. The second-order valence-electron chi connectivity index (χ2n) is 6.41. The third-order valence-electron chi connectivity index (χ3n) is 3.36. The summed E-state index contributed by atoms with van der Waals surface area (Å²) in [6, 6.07) is 0. The van der Waals surface area contributed by atoms with E-state index in [0.29, 0.717) is 6.10 Å². The molecule has 0 saturated heterocycles. The Morgan fingerprint density at radius 2 is 1.72 bits per heavy atom. The molecule has 0 atom stereocenters. The highest BCUT2D eigenvalue weighted by Gasteiger charge is 2.12. The first kappa shape index (κ1) is 15.9. The van der Waals surface area contributed by atoms with Crippen LogP contribution in [0.25, 0.3) is 0 Å². The SMILES string of the molecule is CC(C)(C)NCCNCCCOC1CCCCC1. The van der Waals surface area contributed by atoms with Crippen LogP contribution in [-0.4, -0.2) is 37.9 Å². The van der Waals surface area contributed by atoms with Gasteiger partial charge in [0.25, 0.3) is 0 Å². The third kappa shape index (κ3) is 8.90. The second-order valence-corrected chi connectivity index (χ2v) is 6.41. The highest BCUT2D eigenvalue weighted by Crippen LogP contribution is 2.20. The molecule has 1 saturated carbocycles. The van der Waals surface area contributed by atoms with E-state index in [0.717, 1.165) is 32.7 Å². The van der Waals surface area contributed by atoms with Crippen LogP contribution in [0.4, 0.5) is 0 Å². The number of rotatable bonds is 8. The number of ether oxygens (including phenoxy) is 1. The molecule has 0 radical (unpaired) electrons. The summed E-state index contributed by atoms with van der Waals surface area (Å²) in [5.41, 5.74) is 0.228. The van der Waals surface area contributed by atoms with Crippen LogP contribution in [0, 0.1) is 0 Å². The first-order valence-electron chi connectivity index (χ1n) is 7.65. The van der Waals surface area contributed by atoms with Crippen LogP contribution < -0.4 is 10.6 Å². The zero-order chi connectivity index (χ0) is 13.3. The Morgan fingerprint density at radius 1 is 1.00 bits per heavy atom.